The van der Waals surface area contributed by atoms with Crippen LogP contribution in [0.4, 0.5) is 0 Å². The van der Waals surface area contributed by atoms with E-state index < -0.39 is 0 Å². The van der Waals surface area contributed by atoms with Gasteiger partial charge >= 0.3 is 0 Å². The van der Waals surface area contributed by atoms with Gasteiger partial charge in [-0.15, -0.1) is 0 Å². The van der Waals surface area contributed by atoms with Crippen LogP contribution in [0, 0.1) is 0 Å². The van der Waals surface area contributed by atoms with Crippen LogP contribution < -0.4 is 5.56 Å². The summed E-state index contributed by atoms with van der Waals surface area (Å²) in [5, 5.41) is 1.13. The first-order chi connectivity index (χ1) is 7.13. The Morgan fingerprint density at radius 1 is 1.47 bits per heavy atom. The molecule has 1 aromatic heterocycles. The van der Waals surface area contributed by atoms with Crippen molar-refractivity contribution in [3.05, 3.63) is 39.4 Å². The van der Waals surface area contributed by atoms with Gasteiger partial charge in [0.2, 0.25) is 0 Å². The third kappa shape index (κ3) is 1.63. The minimum Gasteiger partial charge on any atom is -0.299 e. The minimum absolute atomic E-state index is 0.0423. The van der Waals surface area contributed by atoms with Crippen LogP contribution in [0.5, 0.6) is 0 Å². The fraction of sp³-hybridized carbons (Fsp3) is 0.273. The SMILES string of the molecule is CCc1nc2ccc(Cl)cc2c(=O)n1C. The van der Waals surface area contributed by atoms with Crippen molar-refractivity contribution < 1.29 is 0 Å². The van der Waals surface area contributed by atoms with Crippen molar-refractivity contribution in [1.82, 2.24) is 9.55 Å². The van der Waals surface area contributed by atoms with Gasteiger partial charge in [0.15, 0.2) is 0 Å². The maximum Gasteiger partial charge on any atom is 0.261 e. The van der Waals surface area contributed by atoms with Gasteiger partial charge in [-0.25, -0.2) is 4.98 Å². The number of aromatic nitrogens is 2. The molecule has 1 aromatic carbocycles. The second-order valence-electron chi connectivity index (χ2n) is 3.41. The van der Waals surface area contributed by atoms with Gasteiger partial charge < -0.3 is 0 Å². The van der Waals surface area contributed by atoms with Crippen LogP contribution in [0.3, 0.4) is 0 Å². The first-order valence-corrected chi connectivity index (χ1v) is 5.16. The molecular formula is C11H11ClN2O. The standard InChI is InChI=1S/C11H11ClN2O/c1-3-10-13-9-5-4-7(12)6-8(9)11(15)14(10)2/h4-6H,3H2,1-2H3. The van der Waals surface area contributed by atoms with Gasteiger partial charge in [0.1, 0.15) is 5.82 Å². The first-order valence-electron chi connectivity index (χ1n) is 4.78. The molecule has 15 heavy (non-hydrogen) atoms. The third-order valence-corrected chi connectivity index (χ3v) is 2.68. The Labute approximate surface area is 92.3 Å². The molecular weight excluding hydrogens is 212 g/mol. The van der Waals surface area contributed by atoms with Gasteiger partial charge in [0, 0.05) is 18.5 Å². The molecule has 0 aliphatic heterocycles. The van der Waals surface area contributed by atoms with E-state index in [0.717, 1.165) is 12.2 Å². The average Bonchev–Trinajstić information content (AvgIpc) is 2.24. The molecule has 0 bridgehead atoms. The zero-order chi connectivity index (χ0) is 11.0. The zero-order valence-corrected chi connectivity index (χ0v) is 9.38. The van der Waals surface area contributed by atoms with E-state index in [1.807, 2.05) is 6.92 Å². The number of hydrogen-bond acceptors (Lipinski definition) is 2. The average molecular weight is 223 g/mol. The molecule has 78 valence electrons. The lowest BCUT2D eigenvalue weighted by Crippen LogP contribution is -2.21. The second-order valence-corrected chi connectivity index (χ2v) is 3.84. The fourth-order valence-electron chi connectivity index (χ4n) is 1.61. The lowest BCUT2D eigenvalue weighted by atomic mass is 10.2. The topological polar surface area (TPSA) is 34.9 Å². The highest BCUT2D eigenvalue weighted by molar-refractivity contribution is 6.31. The Hall–Kier alpha value is -1.35. The summed E-state index contributed by atoms with van der Waals surface area (Å²) in [6, 6.07) is 5.18. The molecule has 1 heterocycles. The predicted molar refractivity (Wildman–Crippen MR) is 61.4 cm³/mol. The fourth-order valence-corrected chi connectivity index (χ4v) is 1.78. The highest BCUT2D eigenvalue weighted by Crippen LogP contribution is 2.14. The molecule has 2 rings (SSSR count). The highest BCUT2D eigenvalue weighted by Gasteiger charge is 2.06. The van der Waals surface area contributed by atoms with Gasteiger partial charge in [-0.3, -0.25) is 9.36 Å². The molecule has 0 aliphatic carbocycles. The number of rotatable bonds is 1. The Balaban J connectivity index is 2.91. The Bertz CT molecular complexity index is 575. The number of benzene rings is 1. The normalized spacial score (nSPS) is 10.9. The van der Waals surface area contributed by atoms with Gasteiger partial charge in [-0.2, -0.15) is 0 Å². The van der Waals surface area contributed by atoms with Crippen molar-refractivity contribution in [2.24, 2.45) is 7.05 Å². The molecule has 0 N–H and O–H groups in total. The van der Waals surface area contributed by atoms with E-state index in [2.05, 4.69) is 4.98 Å². The van der Waals surface area contributed by atoms with Gasteiger partial charge in [0.25, 0.3) is 5.56 Å². The summed E-state index contributed by atoms with van der Waals surface area (Å²) in [7, 11) is 1.73. The van der Waals surface area contributed by atoms with E-state index in [9.17, 15) is 4.79 Å². The predicted octanol–water partition coefficient (Wildman–Crippen LogP) is 2.15. The van der Waals surface area contributed by atoms with Crippen molar-refractivity contribution in [3.63, 3.8) is 0 Å². The lowest BCUT2D eigenvalue weighted by molar-refractivity contribution is 0.752. The van der Waals surface area contributed by atoms with Crippen LogP contribution >= 0.6 is 11.6 Å². The molecule has 0 fully saturated rings. The van der Waals surface area contributed by atoms with Crippen LogP contribution in [-0.4, -0.2) is 9.55 Å². The first kappa shape index (κ1) is 10.2. The van der Waals surface area contributed by atoms with Crippen LogP contribution in [0.2, 0.25) is 5.02 Å². The van der Waals surface area contributed by atoms with Gasteiger partial charge in [-0.1, -0.05) is 18.5 Å². The number of nitrogens with zero attached hydrogens (tertiary/aromatic N) is 2. The van der Waals surface area contributed by atoms with Crippen LogP contribution in [-0.2, 0) is 13.5 Å². The molecule has 0 spiro atoms. The summed E-state index contributed by atoms with van der Waals surface area (Å²) in [5.41, 5.74) is 0.665. The van der Waals surface area contributed by atoms with Crippen molar-refractivity contribution >= 4 is 22.5 Å². The molecule has 0 saturated carbocycles. The van der Waals surface area contributed by atoms with E-state index in [4.69, 9.17) is 11.6 Å². The second kappa shape index (κ2) is 3.66. The molecule has 0 saturated heterocycles. The van der Waals surface area contributed by atoms with Crippen LogP contribution in [0.15, 0.2) is 23.0 Å². The number of fused-ring (bicyclic) bond motifs is 1. The summed E-state index contributed by atoms with van der Waals surface area (Å²) in [5.74, 6) is 0.787. The molecule has 0 amide bonds. The van der Waals surface area contributed by atoms with Crippen molar-refractivity contribution in [1.29, 1.82) is 0 Å². The third-order valence-electron chi connectivity index (χ3n) is 2.45. The van der Waals surface area contributed by atoms with Gasteiger partial charge in [0.05, 0.1) is 10.9 Å². The van der Waals surface area contributed by atoms with E-state index in [1.165, 1.54) is 0 Å². The summed E-state index contributed by atoms with van der Waals surface area (Å²) in [6.45, 7) is 1.98. The molecule has 2 aromatic rings. The quantitative estimate of drug-likeness (QED) is 0.741. The molecule has 0 atom stereocenters. The Morgan fingerprint density at radius 2 is 2.20 bits per heavy atom. The lowest BCUT2D eigenvalue weighted by Gasteiger charge is -2.06. The van der Waals surface area contributed by atoms with Crippen molar-refractivity contribution in [3.8, 4) is 0 Å². The smallest absolute Gasteiger partial charge is 0.261 e. The molecule has 4 heteroatoms. The van der Waals surface area contributed by atoms with Gasteiger partial charge in [-0.05, 0) is 18.2 Å². The largest absolute Gasteiger partial charge is 0.299 e. The van der Waals surface area contributed by atoms with Crippen LogP contribution in [0.25, 0.3) is 10.9 Å². The molecule has 0 aliphatic rings. The maximum atomic E-state index is 11.9. The monoisotopic (exact) mass is 222 g/mol. The summed E-state index contributed by atoms with van der Waals surface area (Å²) in [6.07, 6.45) is 0.740. The van der Waals surface area contributed by atoms with Crippen molar-refractivity contribution in [2.45, 2.75) is 13.3 Å². The molecule has 3 nitrogen and oxygen atoms in total. The van der Waals surface area contributed by atoms with Crippen molar-refractivity contribution in [2.75, 3.05) is 0 Å². The summed E-state index contributed by atoms with van der Waals surface area (Å²) in [4.78, 5) is 16.3. The summed E-state index contributed by atoms with van der Waals surface area (Å²) >= 11 is 5.84. The van der Waals surface area contributed by atoms with E-state index in [-0.39, 0.29) is 5.56 Å². The zero-order valence-electron chi connectivity index (χ0n) is 8.62. The Kier molecular flexibility index (Phi) is 2.49. The summed E-state index contributed by atoms with van der Waals surface area (Å²) < 4.78 is 1.57. The number of halogens is 1. The Morgan fingerprint density at radius 3 is 2.87 bits per heavy atom. The maximum absolute atomic E-state index is 11.9. The van der Waals surface area contributed by atoms with Crippen LogP contribution in [0.1, 0.15) is 12.7 Å². The number of hydrogen-bond donors (Lipinski definition) is 0. The van der Waals surface area contributed by atoms with E-state index >= 15 is 0 Å². The highest BCUT2D eigenvalue weighted by atomic mass is 35.5. The van der Waals surface area contributed by atoms with E-state index in [1.54, 1.807) is 29.8 Å². The number of aryl methyl sites for hydroxylation is 1. The molecule has 0 unspecified atom stereocenters. The van der Waals surface area contributed by atoms with E-state index in [0.29, 0.717) is 15.9 Å². The minimum atomic E-state index is -0.0423. The molecule has 0 radical (unpaired) electrons.